The SMILES string of the molecule is CN1C(=O)Cc2ccccc2[C@H]1C(=O)NCc1ccco1. The van der Waals surface area contributed by atoms with Crippen molar-refractivity contribution in [3.8, 4) is 0 Å². The molecule has 0 aliphatic carbocycles. The zero-order chi connectivity index (χ0) is 14.8. The Balaban J connectivity index is 1.82. The zero-order valence-corrected chi connectivity index (χ0v) is 11.7. The van der Waals surface area contributed by atoms with Gasteiger partial charge in [0.15, 0.2) is 0 Å². The highest BCUT2D eigenvalue weighted by atomic mass is 16.3. The summed E-state index contributed by atoms with van der Waals surface area (Å²) >= 11 is 0. The van der Waals surface area contributed by atoms with Gasteiger partial charge in [0.1, 0.15) is 11.8 Å². The standard InChI is InChI=1S/C16H16N2O3/c1-18-14(19)9-11-5-2-3-7-13(11)15(18)16(20)17-10-12-6-4-8-21-12/h2-8,15H,9-10H2,1H3,(H,17,20)/t15-/m0/s1. The molecule has 0 bridgehead atoms. The predicted molar refractivity (Wildman–Crippen MR) is 76.2 cm³/mol. The lowest BCUT2D eigenvalue weighted by Crippen LogP contribution is -2.45. The maximum atomic E-state index is 12.5. The molecule has 1 aromatic heterocycles. The third-order valence-corrected chi connectivity index (χ3v) is 3.74. The molecular weight excluding hydrogens is 268 g/mol. The van der Waals surface area contributed by atoms with Crippen LogP contribution in [-0.4, -0.2) is 23.8 Å². The van der Waals surface area contributed by atoms with Crippen molar-refractivity contribution in [1.29, 1.82) is 0 Å². The Kier molecular flexibility index (Phi) is 3.48. The van der Waals surface area contributed by atoms with E-state index in [4.69, 9.17) is 4.42 Å². The van der Waals surface area contributed by atoms with Crippen LogP contribution in [0.25, 0.3) is 0 Å². The molecule has 0 saturated carbocycles. The van der Waals surface area contributed by atoms with Gasteiger partial charge >= 0.3 is 0 Å². The number of carbonyl (C=O) groups excluding carboxylic acids is 2. The Morgan fingerprint density at radius 3 is 2.90 bits per heavy atom. The van der Waals surface area contributed by atoms with E-state index >= 15 is 0 Å². The molecule has 2 aromatic rings. The van der Waals surface area contributed by atoms with E-state index < -0.39 is 6.04 Å². The number of rotatable bonds is 3. The van der Waals surface area contributed by atoms with Crippen LogP contribution in [-0.2, 0) is 22.6 Å². The van der Waals surface area contributed by atoms with Crippen LogP contribution in [0.1, 0.15) is 22.9 Å². The van der Waals surface area contributed by atoms with E-state index in [1.54, 1.807) is 25.4 Å². The molecule has 2 heterocycles. The molecule has 1 aliphatic heterocycles. The Morgan fingerprint density at radius 1 is 1.33 bits per heavy atom. The van der Waals surface area contributed by atoms with Gasteiger partial charge in [-0.05, 0) is 23.3 Å². The van der Waals surface area contributed by atoms with E-state index in [0.29, 0.717) is 18.7 Å². The average molecular weight is 284 g/mol. The van der Waals surface area contributed by atoms with Crippen LogP contribution >= 0.6 is 0 Å². The summed E-state index contributed by atoms with van der Waals surface area (Å²) in [5.74, 6) is 0.433. The third-order valence-electron chi connectivity index (χ3n) is 3.74. The second-order valence-electron chi connectivity index (χ2n) is 5.08. The van der Waals surface area contributed by atoms with Crippen LogP contribution in [0.4, 0.5) is 0 Å². The van der Waals surface area contributed by atoms with Gasteiger partial charge in [0, 0.05) is 7.05 Å². The lowest BCUT2D eigenvalue weighted by Gasteiger charge is -2.33. The first-order chi connectivity index (χ1) is 10.2. The molecule has 21 heavy (non-hydrogen) atoms. The lowest BCUT2D eigenvalue weighted by atomic mass is 9.92. The molecule has 1 atom stereocenters. The number of likely N-dealkylation sites (N-methyl/N-ethyl adjacent to an activating group) is 1. The first-order valence-electron chi connectivity index (χ1n) is 6.80. The third kappa shape index (κ3) is 2.54. The summed E-state index contributed by atoms with van der Waals surface area (Å²) in [4.78, 5) is 26.0. The van der Waals surface area contributed by atoms with Crippen molar-refractivity contribution >= 4 is 11.8 Å². The lowest BCUT2D eigenvalue weighted by molar-refractivity contribution is -0.140. The minimum absolute atomic E-state index is 0.0492. The van der Waals surface area contributed by atoms with Gasteiger partial charge in [0.05, 0.1) is 19.2 Å². The number of hydrogen-bond donors (Lipinski definition) is 1. The maximum absolute atomic E-state index is 12.5. The number of amides is 2. The molecular formula is C16H16N2O3. The van der Waals surface area contributed by atoms with E-state index in [2.05, 4.69) is 5.32 Å². The van der Waals surface area contributed by atoms with Crippen LogP contribution in [0.5, 0.6) is 0 Å². The minimum Gasteiger partial charge on any atom is -0.467 e. The molecule has 5 nitrogen and oxygen atoms in total. The molecule has 1 aromatic carbocycles. The summed E-state index contributed by atoms with van der Waals surface area (Å²) in [5, 5.41) is 2.82. The molecule has 2 amide bonds. The van der Waals surface area contributed by atoms with Gasteiger partial charge in [0.2, 0.25) is 11.8 Å². The molecule has 0 unspecified atom stereocenters. The summed E-state index contributed by atoms with van der Waals surface area (Å²) < 4.78 is 5.19. The van der Waals surface area contributed by atoms with Gasteiger partial charge in [-0.15, -0.1) is 0 Å². The zero-order valence-electron chi connectivity index (χ0n) is 11.7. The van der Waals surface area contributed by atoms with Crippen molar-refractivity contribution in [3.63, 3.8) is 0 Å². The Labute approximate surface area is 122 Å². The molecule has 108 valence electrons. The van der Waals surface area contributed by atoms with Crippen LogP contribution in [0, 0.1) is 0 Å². The van der Waals surface area contributed by atoms with Crippen LogP contribution in [0.2, 0.25) is 0 Å². The summed E-state index contributed by atoms with van der Waals surface area (Å²) in [6.45, 7) is 0.312. The van der Waals surface area contributed by atoms with Crippen molar-refractivity contribution in [2.75, 3.05) is 7.05 Å². The molecule has 0 spiro atoms. The van der Waals surface area contributed by atoms with Crippen molar-refractivity contribution < 1.29 is 14.0 Å². The second kappa shape index (κ2) is 5.44. The minimum atomic E-state index is -0.586. The monoisotopic (exact) mass is 284 g/mol. The fourth-order valence-electron chi connectivity index (χ4n) is 2.60. The molecule has 0 fully saturated rings. The van der Waals surface area contributed by atoms with Crippen molar-refractivity contribution in [2.24, 2.45) is 0 Å². The van der Waals surface area contributed by atoms with Crippen LogP contribution in [0.15, 0.2) is 47.1 Å². The molecule has 5 heteroatoms. The Morgan fingerprint density at radius 2 is 2.14 bits per heavy atom. The maximum Gasteiger partial charge on any atom is 0.247 e. The highest BCUT2D eigenvalue weighted by molar-refractivity contribution is 5.92. The highest BCUT2D eigenvalue weighted by Crippen LogP contribution is 2.29. The average Bonchev–Trinajstić information content (AvgIpc) is 2.99. The quantitative estimate of drug-likeness (QED) is 0.932. The molecule has 0 saturated heterocycles. The van der Waals surface area contributed by atoms with Crippen molar-refractivity contribution in [2.45, 2.75) is 19.0 Å². The summed E-state index contributed by atoms with van der Waals surface area (Å²) in [6.07, 6.45) is 1.90. The summed E-state index contributed by atoms with van der Waals surface area (Å²) in [6, 6.07) is 10.5. The van der Waals surface area contributed by atoms with Gasteiger partial charge in [-0.1, -0.05) is 24.3 Å². The fraction of sp³-hybridized carbons (Fsp3) is 0.250. The summed E-state index contributed by atoms with van der Waals surface area (Å²) in [7, 11) is 1.66. The normalized spacial score (nSPS) is 17.5. The Bertz CT molecular complexity index is 664. The first kappa shape index (κ1) is 13.4. The number of carbonyl (C=O) groups is 2. The van der Waals surface area contributed by atoms with Crippen LogP contribution < -0.4 is 5.32 Å². The number of nitrogens with zero attached hydrogens (tertiary/aromatic N) is 1. The highest BCUT2D eigenvalue weighted by Gasteiger charge is 2.34. The molecule has 1 aliphatic rings. The number of furan rings is 1. The second-order valence-corrected chi connectivity index (χ2v) is 5.08. The van der Waals surface area contributed by atoms with Crippen molar-refractivity contribution in [1.82, 2.24) is 10.2 Å². The number of hydrogen-bond acceptors (Lipinski definition) is 3. The molecule has 0 radical (unpaired) electrons. The van der Waals surface area contributed by atoms with Crippen LogP contribution in [0.3, 0.4) is 0 Å². The van der Waals surface area contributed by atoms with Gasteiger partial charge in [-0.2, -0.15) is 0 Å². The topological polar surface area (TPSA) is 62.6 Å². The van der Waals surface area contributed by atoms with Gasteiger partial charge < -0.3 is 14.6 Å². The van der Waals surface area contributed by atoms with E-state index in [9.17, 15) is 9.59 Å². The fourth-order valence-corrected chi connectivity index (χ4v) is 2.60. The smallest absolute Gasteiger partial charge is 0.247 e. The molecule has 1 N–H and O–H groups in total. The predicted octanol–water partition coefficient (Wildman–Crippen LogP) is 1.65. The van der Waals surface area contributed by atoms with E-state index in [-0.39, 0.29) is 11.8 Å². The van der Waals surface area contributed by atoms with Gasteiger partial charge in [-0.25, -0.2) is 0 Å². The number of nitrogens with one attached hydrogen (secondary N) is 1. The van der Waals surface area contributed by atoms with Crippen molar-refractivity contribution in [3.05, 3.63) is 59.5 Å². The first-order valence-corrected chi connectivity index (χ1v) is 6.80. The van der Waals surface area contributed by atoms with E-state index in [0.717, 1.165) is 11.1 Å². The van der Waals surface area contributed by atoms with E-state index in [1.807, 2.05) is 24.3 Å². The largest absolute Gasteiger partial charge is 0.467 e. The van der Waals surface area contributed by atoms with E-state index in [1.165, 1.54) is 4.90 Å². The Hall–Kier alpha value is -2.56. The molecule has 3 rings (SSSR count). The van der Waals surface area contributed by atoms with Gasteiger partial charge in [-0.3, -0.25) is 9.59 Å². The van der Waals surface area contributed by atoms with Gasteiger partial charge in [0.25, 0.3) is 0 Å². The summed E-state index contributed by atoms with van der Waals surface area (Å²) in [5.41, 5.74) is 1.80. The number of benzene rings is 1. The number of fused-ring (bicyclic) bond motifs is 1.